The Morgan fingerprint density at radius 3 is 2.00 bits per heavy atom. The van der Waals surface area contributed by atoms with Gasteiger partial charge in [0.2, 0.25) is 0 Å². The molecule has 0 heterocycles. The van der Waals surface area contributed by atoms with Crippen molar-refractivity contribution in [3.63, 3.8) is 0 Å². The summed E-state index contributed by atoms with van der Waals surface area (Å²) in [7, 11) is 1.29. The molecule has 3 aromatic rings. The van der Waals surface area contributed by atoms with Crippen LogP contribution in [0, 0.1) is 16.7 Å². The van der Waals surface area contributed by atoms with E-state index in [1.54, 1.807) is 20.8 Å². The SMILES string of the molecule is CCC(CC(C)(CC(C)(C)C(=O)OCc1c2ccccc2cc2ccccc12)C(=O)OC)C(=O)OCCO. The molecule has 2 atom stereocenters. The van der Waals surface area contributed by atoms with Crippen molar-refractivity contribution in [2.75, 3.05) is 20.3 Å². The first-order valence-corrected chi connectivity index (χ1v) is 13.0. The van der Waals surface area contributed by atoms with E-state index in [-0.39, 0.29) is 32.7 Å². The van der Waals surface area contributed by atoms with E-state index in [0.29, 0.717) is 6.42 Å². The Balaban J connectivity index is 1.83. The van der Waals surface area contributed by atoms with Crippen LogP contribution in [-0.4, -0.2) is 43.3 Å². The Hall–Kier alpha value is -3.45. The second-order valence-corrected chi connectivity index (χ2v) is 10.7. The van der Waals surface area contributed by atoms with Crippen LogP contribution in [0.4, 0.5) is 0 Å². The molecule has 0 saturated carbocycles. The summed E-state index contributed by atoms with van der Waals surface area (Å²) in [4.78, 5) is 38.9. The number of benzene rings is 3. The zero-order chi connectivity index (χ0) is 27.9. The highest BCUT2D eigenvalue weighted by Crippen LogP contribution is 2.42. The summed E-state index contributed by atoms with van der Waals surface area (Å²) < 4.78 is 16.1. The molecule has 0 radical (unpaired) electrons. The van der Waals surface area contributed by atoms with Gasteiger partial charge in [0, 0.05) is 5.56 Å². The average molecular weight is 523 g/mol. The van der Waals surface area contributed by atoms with Crippen molar-refractivity contribution in [2.45, 2.75) is 53.6 Å². The van der Waals surface area contributed by atoms with Crippen LogP contribution in [0.15, 0.2) is 54.6 Å². The number of carbonyl (C=O) groups is 3. The second-order valence-electron chi connectivity index (χ2n) is 10.7. The third-order valence-corrected chi connectivity index (χ3v) is 7.15. The lowest BCUT2D eigenvalue weighted by atomic mass is 9.69. The van der Waals surface area contributed by atoms with Crippen LogP contribution in [0.2, 0.25) is 0 Å². The topological polar surface area (TPSA) is 99.1 Å². The van der Waals surface area contributed by atoms with Gasteiger partial charge in [0.25, 0.3) is 0 Å². The fourth-order valence-corrected chi connectivity index (χ4v) is 5.32. The Labute approximate surface area is 224 Å². The number of rotatable bonds is 12. The molecule has 7 nitrogen and oxygen atoms in total. The van der Waals surface area contributed by atoms with Crippen LogP contribution in [0.25, 0.3) is 21.5 Å². The van der Waals surface area contributed by atoms with E-state index in [0.717, 1.165) is 27.1 Å². The number of carbonyl (C=O) groups excluding carboxylic acids is 3. The molecule has 38 heavy (non-hydrogen) atoms. The van der Waals surface area contributed by atoms with Gasteiger partial charge in [-0.3, -0.25) is 14.4 Å². The molecule has 0 bridgehead atoms. The molecule has 0 aliphatic rings. The minimum absolute atomic E-state index is 0.0874. The summed E-state index contributed by atoms with van der Waals surface area (Å²) in [6.45, 7) is 6.71. The van der Waals surface area contributed by atoms with E-state index in [1.165, 1.54) is 7.11 Å². The zero-order valence-electron chi connectivity index (χ0n) is 22.9. The zero-order valence-corrected chi connectivity index (χ0v) is 22.9. The molecule has 0 aliphatic carbocycles. The number of methoxy groups -OCH3 is 1. The molecule has 0 aliphatic heterocycles. The smallest absolute Gasteiger partial charge is 0.311 e. The number of ether oxygens (including phenoxy) is 3. The number of aliphatic hydroxyl groups is 1. The molecule has 0 aromatic heterocycles. The predicted molar refractivity (Wildman–Crippen MR) is 146 cm³/mol. The highest BCUT2D eigenvalue weighted by atomic mass is 16.5. The molecule has 0 fully saturated rings. The molecule has 204 valence electrons. The Kier molecular flexibility index (Phi) is 9.50. The van der Waals surface area contributed by atoms with Crippen LogP contribution in [0.5, 0.6) is 0 Å². The summed E-state index contributed by atoms with van der Waals surface area (Å²) in [5, 5.41) is 13.2. The minimum atomic E-state index is -1.14. The Bertz CT molecular complexity index is 1240. The molecule has 7 heteroatoms. The molecule has 0 saturated heterocycles. The monoisotopic (exact) mass is 522 g/mol. The molecule has 0 spiro atoms. The second kappa shape index (κ2) is 12.4. The van der Waals surface area contributed by atoms with Gasteiger partial charge in [0.15, 0.2) is 0 Å². The predicted octanol–water partition coefficient (Wildman–Crippen LogP) is 5.58. The standard InChI is InChI=1S/C31H38O7/c1-6-21(27(33)37-16-15-32)18-31(4,29(35)36-5)20-30(2,3)28(34)38-19-26-24-13-9-7-11-22(24)17-23-12-8-10-14-25(23)26/h7-14,17,21,32H,6,15-16,18-20H2,1-5H3. The molecule has 2 unspecified atom stereocenters. The van der Waals surface area contributed by atoms with Crippen LogP contribution < -0.4 is 0 Å². The molecule has 3 rings (SSSR count). The Morgan fingerprint density at radius 2 is 1.47 bits per heavy atom. The first kappa shape index (κ1) is 29.1. The molecule has 1 N–H and O–H groups in total. The third kappa shape index (κ3) is 6.51. The number of hydrogen-bond donors (Lipinski definition) is 1. The van der Waals surface area contributed by atoms with Crippen molar-refractivity contribution < 1.29 is 33.7 Å². The minimum Gasteiger partial charge on any atom is -0.469 e. The van der Waals surface area contributed by atoms with Crippen molar-refractivity contribution in [1.29, 1.82) is 0 Å². The van der Waals surface area contributed by atoms with Gasteiger partial charge in [-0.25, -0.2) is 0 Å². The fourth-order valence-electron chi connectivity index (χ4n) is 5.32. The van der Waals surface area contributed by atoms with Crippen molar-refractivity contribution in [1.82, 2.24) is 0 Å². The average Bonchev–Trinajstić information content (AvgIpc) is 2.91. The van der Waals surface area contributed by atoms with Crippen LogP contribution >= 0.6 is 0 Å². The normalized spacial score (nSPS) is 14.1. The fraction of sp³-hybridized carbons (Fsp3) is 0.452. The summed E-state index contributed by atoms with van der Waals surface area (Å²) >= 11 is 0. The summed E-state index contributed by atoms with van der Waals surface area (Å²) in [6.07, 6.45) is 0.701. The highest BCUT2D eigenvalue weighted by Gasteiger charge is 2.46. The van der Waals surface area contributed by atoms with Crippen molar-refractivity contribution in [3.05, 3.63) is 60.2 Å². The maximum atomic E-state index is 13.4. The largest absolute Gasteiger partial charge is 0.469 e. The first-order chi connectivity index (χ1) is 18.1. The molecule has 3 aromatic carbocycles. The number of hydrogen-bond acceptors (Lipinski definition) is 7. The summed E-state index contributed by atoms with van der Waals surface area (Å²) in [6, 6.07) is 18.1. The van der Waals surface area contributed by atoms with Gasteiger partial charge in [-0.15, -0.1) is 0 Å². The Morgan fingerprint density at radius 1 is 0.895 bits per heavy atom. The van der Waals surface area contributed by atoms with Gasteiger partial charge in [0.1, 0.15) is 13.2 Å². The number of esters is 3. The lowest BCUT2D eigenvalue weighted by Gasteiger charge is -2.35. The number of fused-ring (bicyclic) bond motifs is 2. The molecular formula is C31H38O7. The van der Waals surface area contributed by atoms with Crippen molar-refractivity contribution in [3.8, 4) is 0 Å². The maximum Gasteiger partial charge on any atom is 0.311 e. The van der Waals surface area contributed by atoms with Crippen LogP contribution in [0.3, 0.4) is 0 Å². The van der Waals surface area contributed by atoms with E-state index < -0.39 is 34.7 Å². The quantitative estimate of drug-likeness (QED) is 0.188. The first-order valence-electron chi connectivity index (χ1n) is 13.0. The van der Waals surface area contributed by atoms with E-state index in [9.17, 15) is 14.4 Å². The number of aliphatic hydroxyl groups excluding tert-OH is 1. The lowest BCUT2D eigenvalue weighted by Crippen LogP contribution is -2.41. The van der Waals surface area contributed by atoms with E-state index in [4.69, 9.17) is 19.3 Å². The van der Waals surface area contributed by atoms with Crippen LogP contribution in [-0.2, 0) is 35.2 Å². The van der Waals surface area contributed by atoms with Gasteiger partial charge in [-0.1, -0.05) is 55.5 Å². The van der Waals surface area contributed by atoms with Gasteiger partial charge >= 0.3 is 17.9 Å². The summed E-state index contributed by atoms with van der Waals surface area (Å²) in [5.41, 5.74) is -1.25. The van der Waals surface area contributed by atoms with Gasteiger partial charge in [-0.2, -0.15) is 0 Å². The summed E-state index contributed by atoms with van der Waals surface area (Å²) in [5.74, 6) is -2.02. The van der Waals surface area contributed by atoms with Gasteiger partial charge in [-0.05, 0) is 67.6 Å². The van der Waals surface area contributed by atoms with E-state index in [1.807, 2.05) is 55.5 Å². The third-order valence-electron chi connectivity index (χ3n) is 7.15. The van der Waals surface area contributed by atoms with Crippen molar-refractivity contribution >= 4 is 39.5 Å². The van der Waals surface area contributed by atoms with Gasteiger partial charge < -0.3 is 19.3 Å². The van der Waals surface area contributed by atoms with E-state index in [2.05, 4.69) is 6.07 Å². The van der Waals surface area contributed by atoms with Crippen LogP contribution in [0.1, 0.15) is 52.5 Å². The lowest BCUT2D eigenvalue weighted by molar-refractivity contribution is -0.164. The van der Waals surface area contributed by atoms with Crippen molar-refractivity contribution in [2.24, 2.45) is 16.7 Å². The highest BCUT2D eigenvalue weighted by molar-refractivity contribution is 6.02. The van der Waals surface area contributed by atoms with E-state index >= 15 is 0 Å². The van der Waals surface area contributed by atoms with Gasteiger partial charge in [0.05, 0.1) is 30.5 Å². The molecular weight excluding hydrogens is 484 g/mol. The maximum absolute atomic E-state index is 13.4. The molecule has 0 amide bonds.